The van der Waals surface area contributed by atoms with Gasteiger partial charge in [-0.1, -0.05) is 44.7 Å². The molecule has 0 N–H and O–H groups in total. The third-order valence-electron chi connectivity index (χ3n) is 4.36. The van der Waals surface area contributed by atoms with Gasteiger partial charge in [0.1, 0.15) is 5.82 Å². The highest BCUT2D eigenvalue weighted by Crippen LogP contribution is 2.32. The van der Waals surface area contributed by atoms with Crippen molar-refractivity contribution in [3.63, 3.8) is 0 Å². The van der Waals surface area contributed by atoms with Crippen LogP contribution in [0.3, 0.4) is 0 Å². The van der Waals surface area contributed by atoms with Crippen LogP contribution in [0.15, 0.2) is 24.3 Å². The fourth-order valence-electron chi connectivity index (χ4n) is 3.35. The molecule has 0 amide bonds. The van der Waals surface area contributed by atoms with Gasteiger partial charge in [0.2, 0.25) is 0 Å². The van der Waals surface area contributed by atoms with Crippen molar-refractivity contribution >= 4 is 11.0 Å². The van der Waals surface area contributed by atoms with E-state index in [2.05, 4.69) is 35.8 Å². The zero-order chi connectivity index (χ0) is 13.1. The topological polar surface area (TPSA) is 17.8 Å². The summed E-state index contributed by atoms with van der Waals surface area (Å²) in [6.07, 6.45) is 10.5. The number of nitrogens with zero attached hydrogens (tertiary/aromatic N) is 2. The quantitative estimate of drug-likeness (QED) is 0.762. The van der Waals surface area contributed by atoms with Crippen molar-refractivity contribution in [1.29, 1.82) is 0 Å². The highest BCUT2D eigenvalue weighted by atomic mass is 15.1. The first-order valence-corrected chi connectivity index (χ1v) is 7.86. The molecule has 1 aliphatic carbocycles. The molecule has 3 rings (SSSR count). The minimum absolute atomic E-state index is 0.688. The fraction of sp³-hybridized carbons (Fsp3) is 0.588. The van der Waals surface area contributed by atoms with Crippen molar-refractivity contribution in [2.45, 2.75) is 64.3 Å². The lowest BCUT2D eigenvalue weighted by Crippen LogP contribution is -2.15. The summed E-state index contributed by atoms with van der Waals surface area (Å²) in [6.45, 7) is 2.26. The van der Waals surface area contributed by atoms with E-state index in [-0.39, 0.29) is 0 Å². The van der Waals surface area contributed by atoms with Crippen LogP contribution < -0.4 is 0 Å². The van der Waals surface area contributed by atoms with Gasteiger partial charge in [0.25, 0.3) is 0 Å². The third-order valence-corrected chi connectivity index (χ3v) is 4.36. The van der Waals surface area contributed by atoms with E-state index in [4.69, 9.17) is 4.98 Å². The van der Waals surface area contributed by atoms with Crippen LogP contribution in [0.25, 0.3) is 11.0 Å². The number of aryl methyl sites for hydroxylation is 1. The number of para-hydroxylation sites is 2. The Bertz CT molecular complexity index is 535. The van der Waals surface area contributed by atoms with Gasteiger partial charge in [-0.25, -0.2) is 4.98 Å². The molecule has 1 saturated carbocycles. The average Bonchev–Trinajstić information content (AvgIpc) is 2.84. The summed E-state index contributed by atoms with van der Waals surface area (Å²) < 4.78 is 2.56. The minimum atomic E-state index is 0.688. The van der Waals surface area contributed by atoms with E-state index < -0.39 is 0 Å². The third kappa shape index (κ3) is 2.54. The van der Waals surface area contributed by atoms with Crippen molar-refractivity contribution in [3.05, 3.63) is 30.1 Å². The molecule has 0 radical (unpaired) electrons. The average molecular weight is 256 g/mol. The molecule has 19 heavy (non-hydrogen) atoms. The highest BCUT2D eigenvalue weighted by molar-refractivity contribution is 5.76. The van der Waals surface area contributed by atoms with Crippen LogP contribution in [0, 0.1) is 0 Å². The van der Waals surface area contributed by atoms with E-state index >= 15 is 0 Å². The fourth-order valence-corrected chi connectivity index (χ4v) is 3.35. The van der Waals surface area contributed by atoms with Crippen LogP contribution in [0.2, 0.25) is 0 Å². The maximum atomic E-state index is 4.89. The Hall–Kier alpha value is -1.31. The number of aromatic nitrogens is 2. The van der Waals surface area contributed by atoms with Gasteiger partial charge >= 0.3 is 0 Å². The molecule has 102 valence electrons. The Morgan fingerprint density at radius 2 is 1.95 bits per heavy atom. The molecule has 0 saturated heterocycles. The number of fused-ring (bicyclic) bond motifs is 1. The van der Waals surface area contributed by atoms with E-state index in [1.165, 1.54) is 61.8 Å². The number of benzene rings is 1. The SMILES string of the molecule is CCCCc1nc2ccccc2n1C1CCCCC1. The van der Waals surface area contributed by atoms with Gasteiger partial charge in [-0.05, 0) is 31.4 Å². The summed E-state index contributed by atoms with van der Waals surface area (Å²) >= 11 is 0. The second-order valence-electron chi connectivity index (χ2n) is 5.78. The molecular formula is C17H24N2. The monoisotopic (exact) mass is 256 g/mol. The molecule has 0 aliphatic heterocycles. The maximum Gasteiger partial charge on any atom is 0.110 e. The summed E-state index contributed by atoms with van der Waals surface area (Å²) in [7, 11) is 0. The minimum Gasteiger partial charge on any atom is -0.325 e. The Morgan fingerprint density at radius 3 is 2.74 bits per heavy atom. The molecule has 1 aromatic carbocycles. The smallest absolute Gasteiger partial charge is 0.110 e. The van der Waals surface area contributed by atoms with Crippen molar-refractivity contribution in [2.24, 2.45) is 0 Å². The first-order valence-electron chi connectivity index (χ1n) is 7.86. The Balaban J connectivity index is 2.01. The molecule has 1 heterocycles. The lowest BCUT2D eigenvalue weighted by Gasteiger charge is -2.25. The summed E-state index contributed by atoms with van der Waals surface area (Å²) in [5.74, 6) is 1.31. The van der Waals surface area contributed by atoms with Gasteiger partial charge in [0, 0.05) is 12.5 Å². The van der Waals surface area contributed by atoms with Crippen molar-refractivity contribution in [2.75, 3.05) is 0 Å². The van der Waals surface area contributed by atoms with Gasteiger partial charge in [0.05, 0.1) is 11.0 Å². The van der Waals surface area contributed by atoms with Gasteiger partial charge in [0.15, 0.2) is 0 Å². The summed E-state index contributed by atoms with van der Waals surface area (Å²) in [5.41, 5.74) is 2.53. The molecule has 0 atom stereocenters. The van der Waals surface area contributed by atoms with E-state index in [1.807, 2.05) is 0 Å². The Morgan fingerprint density at radius 1 is 1.16 bits per heavy atom. The van der Waals surface area contributed by atoms with E-state index in [0.29, 0.717) is 6.04 Å². The summed E-state index contributed by atoms with van der Waals surface area (Å²) in [4.78, 5) is 4.89. The molecule has 1 aliphatic rings. The van der Waals surface area contributed by atoms with Crippen molar-refractivity contribution in [3.8, 4) is 0 Å². The first-order chi connectivity index (χ1) is 9.40. The Kier molecular flexibility index (Phi) is 3.86. The molecule has 0 spiro atoms. The Labute approximate surface area is 115 Å². The number of hydrogen-bond acceptors (Lipinski definition) is 1. The van der Waals surface area contributed by atoms with Gasteiger partial charge in [-0.15, -0.1) is 0 Å². The van der Waals surface area contributed by atoms with Gasteiger partial charge < -0.3 is 4.57 Å². The van der Waals surface area contributed by atoms with E-state index in [9.17, 15) is 0 Å². The van der Waals surface area contributed by atoms with Crippen LogP contribution in [-0.4, -0.2) is 9.55 Å². The standard InChI is InChI=1S/C17H24N2/c1-2-3-13-17-18-15-11-7-8-12-16(15)19(17)14-9-5-4-6-10-14/h7-8,11-12,14H,2-6,9-10,13H2,1H3. The lowest BCUT2D eigenvalue weighted by molar-refractivity contribution is 0.351. The van der Waals surface area contributed by atoms with E-state index in [0.717, 1.165) is 6.42 Å². The maximum absolute atomic E-state index is 4.89. The molecule has 1 fully saturated rings. The normalized spacial score (nSPS) is 17.1. The largest absolute Gasteiger partial charge is 0.325 e. The second kappa shape index (κ2) is 5.77. The van der Waals surface area contributed by atoms with Crippen molar-refractivity contribution in [1.82, 2.24) is 9.55 Å². The summed E-state index contributed by atoms with van der Waals surface area (Å²) in [6, 6.07) is 9.33. The molecule has 0 bridgehead atoms. The number of rotatable bonds is 4. The zero-order valence-corrected chi connectivity index (χ0v) is 11.9. The van der Waals surface area contributed by atoms with Crippen LogP contribution in [0.4, 0.5) is 0 Å². The van der Waals surface area contributed by atoms with Crippen LogP contribution in [0.5, 0.6) is 0 Å². The lowest BCUT2D eigenvalue weighted by atomic mass is 9.95. The summed E-state index contributed by atoms with van der Waals surface area (Å²) in [5, 5.41) is 0. The van der Waals surface area contributed by atoms with Crippen molar-refractivity contribution < 1.29 is 0 Å². The molecule has 2 aromatic rings. The number of imidazole rings is 1. The second-order valence-corrected chi connectivity index (χ2v) is 5.78. The molecule has 2 heteroatoms. The molecule has 2 nitrogen and oxygen atoms in total. The molecular weight excluding hydrogens is 232 g/mol. The highest BCUT2D eigenvalue weighted by Gasteiger charge is 2.20. The van der Waals surface area contributed by atoms with E-state index in [1.54, 1.807) is 0 Å². The molecule has 1 aromatic heterocycles. The number of hydrogen-bond donors (Lipinski definition) is 0. The van der Waals surface area contributed by atoms with Crippen LogP contribution in [0.1, 0.15) is 63.7 Å². The van der Waals surface area contributed by atoms with Gasteiger partial charge in [-0.2, -0.15) is 0 Å². The predicted molar refractivity (Wildman–Crippen MR) is 80.5 cm³/mol. The number of unbranched alkanes of at least 4 members (excludes halogenated alkanes) is 1. The first kappa shape index (κ1) is 12.7. The van der Waals surface area contributed by atoms with Gasteiger partial charge in [-0.3, -0.25) is 0 Å². The molecule has 0 unspecified atom stereocenters. The van der Waals surface area contributed by atoms with Crippen LogP contribution in [-0.2, 0) is 6.42 Å². The zero-order valence-electron chi connectivity index (χ0n) is 11.9. The predicted octanol–water partition coefficient (Wildman–Crippen LogP) is 4.88. The van der Waals surface area contributed by atoms with Crippen LogP contribution >= 0.6 is 0 Å².